The average Bonchev–Trinajstić information content (AvgIpc) is 2.63. The van der Waals surface area contributed by atoms with E-state index >= 15 is 0 Å². The first-order chi connectivity index (χ1) is 12.9. The zero-order chi connectivity index (χ0) is 20.0. The van der Waals surface area contributed by atoms with Crippen molar-refractivity contribution in [2.24, 2.45) is 5.73 Å². The Morgan fingerprint density at radius 2 is 1.85 bits per heavy atom. The van der Waals surface area contributed by atoms with Crippen LogP contribution in [0.4, 0.5) is 10.1 Å². The third-order valence-corrected chi connectivity index (χ3v) is 3.72. The van der Waals surface area contributed by atoms with Gasteiger partial charge in [0.2, 0.25) is 0 Å². The second kappa shape index (κ2) is 8.88. The van der Waals surface area contributed by atoms with E-state index in [1.165, 1.54) is 12.1 Å². The van der Waals surface area contributed by atoms with Crippen molar-refractivity contribution >= 4 is 17.5 Å². The molecule has 2 aromatic carbocycles. The van der Waals surface area contributed by atoms with E-state index in [-0.39, 0.29) is 23.8 Å². The molecule has 5 N–H and O–H groups in total. The summed E-state index contributed by atoms with van der Waals surface area (Å²) < 4.78 is 25.5. The standard InChI is InChI=1S/C19H22FN3O4/c1-3-26-13-9-14(16(20)15(10-13)27-4-2)17(19(24)25)23-12-7-5-11(6-8-12)18(21)22/h5-10,17,23H,3-4H2,1-2H3,(H3,21,22)(H,24,25). The summed E-state index contributed by atoms with van der Waals surface area (Å²) >= 11 is 0. The number of hydrogen-bond acceptors (Lipinski definition) is 5. The van der Waals surface area contributed by atoms with E-state index in [4.69, 9.17) is 20.6 Å². The number of carbonyl (C=O) groups is 1. The van der Waals surface area contributed by atoms with Crippen LogP contribution in [0.3, 0.4) is 0 Å². The summed E-state index contributed by atoms with van der Waals surface area (Å²) in [6.07, 6.45) is 0. The summed E-state index contributed by atoms with van der Waals surface area (Å²) in [6.45, 7) is 4.04. The molecular formula is C19H22FN3O4. The first kappa shape index (κ1) is 20.0. The molecule has 0 saturated carbocycles. The number of ether oxygens (including phenoxy) is 2. The van der Waals surface area contributed by atoms with Crippen molar-refractivity contribution in [3.8, 4) is 11.5 Å². The highest BCUT2D eigenvalue weighted by Gasteiger charge is 2.26. The lowest BCUT2D eigenvalue weighted by molar-refractivity contribution is -0.138. The average molecular weight is 375 g/mol. The van der Waals surface area contributed by atoms with Gasteiger partial charge in [0.15, 0.2) is 17.6 Å². The fourth-order valence-electron chi connectivity index (χ4n) is 2.50. The molecule has 0 aliphatic rings. The molecule has 0 heterocycles. The monoisotopic (exact) mass is 375 g/mol. The number of halogens is 1. The minimum Gasteiger partial charge on any atom is -0.494 e. The maximum Gasteiger partial charge on any atom is 0.330 e. The maximum atomic E-state index is 14.8. The minimum atomic E-state index is -1.37. The molecule has 0 bridgehead atoms. The Morgan fingerprint density at radius 3 is 2.37 bits per heavy atom. The Hall–Kier alpha value is -3.29. The maximum absolute atomic E-state index is 14.8. The third-order valence-electron chi connectivity index (χ3n) is 3.72. The minimum absolute atomic E-state index is 0.0709. The molecule has 0 amide bonds. The predicted octanol–water partition coefficient (Wildman–Crippen LogP) is 3.14. The van der Waals surface area contributed by atoms with E-state index in [0.29, 0.717) is 23.6 Å². The van der Waals surface area contributed by atoms with Crippen LogP contribution in [0.25, 0.3) is 0 Å². The number of nitrogens with one attached hydrogen (secondary N) is 2. The molecular weight excluding hydrogens is 353 g/mol. The Morgan fingerprint density at radius 1 is 1.22 bits per heavy atom. The third kappa shape index (κ3) is 4.87. The van der Waals surface area contributed by atoms with Gasteiger partial charge < -0.3 is 25.6 Å². The summed E-state index contributed by atoms with van der Waals surface area (Å²) in [4.78, 5) is 11.8. The van der Waals surface area contributed by atoms with Crippen molar-refractivity contribution in [3.63, 3.8) is 0 Å². The number of amidine groups is 1. The number of aliphatic carboxylic acids is 1. The van der Waals surface area contributed by atoms with Crippen LogP contribution in [-0.2, 0) is 4.79 Å². The Balaban J connectivity index is 2.42. The van der Waals surface area contributed by atoms with Gasteiger partial charge in [-0.25, -0.2) is 9.18 Å². The number of benzene rings is 2. The van der Waals surface area contributed by atoms with Crippen LogP contribution in [0.5, 0.6) is 11.5 Å². The van der Waals surface area contributed by atoms with E-state index in [1.54, 1.807) is 38.1 Å². The number of hydrogen-bond donors (Lipinski definition) is 4. The Bertz CT molecular complexity index is 824. The molecule has 27 heavy (non-hydrogen) atoms. The van der Waals surface area contributed by atoms with Crippen LogP contribution in [0.15, 0.2) is 36.4 Å². The lowest BCUT2D eigenvalue weighted by Gasteiger charge is -2.19. The fourth-order valence-corrected chi connectivity index (χ4v) is 2.50. The smallest absolute Gasteiger partial charge is 0.330 e. The van der Waals surface area contributed by atoms with Gasteiger partial charge in [0.25, 0.3) is 0 Å². The molecule has 0 aliphatic carbocycles. The van der Waals surface area contributed by atoms with Crippen molar-refractivity contribution in [2.45, 2.75) is 19.9 Å². The van der Waals surface area contributed by atoms with Crippen molar-refractivity contribution in [1.29, 1.82) is 5.41 Å². The molecule has 144 valence electrons. The number of carboxylic acids is 1. The van der Waals surface area contributed by atoms with Crippen molar-refractivity contribution in [1.82, 2.24) is 0 Å². The second-order valence-corrected chi connectivity index (χ2v) is 5.60. The molecule has 0 aliphatic heterocycles. The van der Waals surface area contributed by atoms with Crippen molar-refractivity contribution in [3.05, 3.63) is 53.3 Å². The topological polar surface area (TPSA) is 118 Å². The molecule has 2 aromatic rings. The van der Waals surface area contributed by atoms with Gasteiger partial charge in [0.05, 0.1) is 13.2 Å². The quantitative estimate of drug-likeness (QED) is 0.395. The van der Waals surface area contributed by atoms with E-state index in [0.717, 1.165) is 0 Å². The molecule has 0 spiro atoms. The van der Waals surface area contributed by atoms with Gasteiger partial charge in [0, 0.05) is 22.9 Å². The fraction of sp³-hybridized carbons (Fsp3) is 0.263. The zero-order valence-corrected chi connectivity index (χ0v) is 15.1. The van der Waals surface area contributed by atoms with Crippen LogP contribution < -0.4 is 20.5 Å². The van der Waals surface area contributed by atoms with Crippen LogP contribution in [0.2, 0.25) is 0 Å². The molecule has 2 rings (SSSR count). The molecule has 0 saturated heterocycles. The molecule has 1 atom stereocenters. The predicted molar refractivity (Wildman–Crippen MR) is 100 cm³/mol. The lowest BCUT2D eigenvalue weighted by Crippen LogP contribution is -2.22. The summed E-state index contributed by atoms with van der Waals surface area (Å²) in [6, 6.07) is 7.65. The zero-order valence-electron chi connectivity index (χ0n) is 15.1. The van der Waals surface area contributed by atoms with Gasteiger partial charge in [-0.1, -0.05) is 0 Å². The van der Waals surface area contributed by atoms with E-state index in [9.17, 15) is 14.3 Å². The van der Waals surface area contributed by atoms with Gasteiger partial charge in [-0.2, -0.15) is 0 Å². The highest BCUT2D eigenvalue weighted by molar-refractivity contribution is 5.95. The van der Waals surface area contributed by atoms with Crippen LogP contribution in [0, 0.1) is 11.2 Å². The van der Waals surface area contributed by atoms with Crippen LogP contribution in [-0.4, -0.2) is 30.1 Å². The normalized spacial score (nSPS) is 11.5. The number of rotatable bonds is 9. The summed E-state index contributed by atoms with van der Waals surface area (Å²) in [5.41, 5.74) is 6.23. The highest BCUT2D eigenvalue weighted by atomic mass is 19.1. The number of anilines is 1. The second-order valence-electron chi connectivity index (χ2n) is 5.60. The molecule has 0 radical (unpaired) electrons. The summed E-state index contributed by atoms with van der Waals surface area (Å²) in [5, 5.41) is 19.8. The Labute approximate surface area is 156 Å². The molecule has 7 nitrogen and oxygen atoms in total. The first-order valence-electron chi connectivity index (χ1n) is 8.40. The molecule has 0 fully saturated rings. The number of nitrogen functional groups attached to an aromatic ring is 1. The summed E-state index contributed by atoms with van der Waals surface area (Å²) in [5.74, 6) is -1.88. The van der Waals surface area contributed by atoms with Crippen molar-refractivity contribution in [2.75, 3.05) is 18.5 Å². The largest absolute Gasteiger partial charge is 0.494 e. The van der Waals surface area contributed by atoms with Gasteiger partial charge in [-0.3, -0.25) is 5.41 Å². The number of carboxylic acid groups (broad SMARTS) is 1. The van der Waals surface area contributed by atoms with Crippen molar-refractivity contribution < 1.29 is 23.8 Å². The van der Waals surface area contributed by atoms with E-state index in [2.05, 4.69) is 5.32 Å². The first-order valence-corrected chi connectivity index (χ1v) is 8.40. The molecule has 0 aromatic heterocycles. The van der Waals surface area contributed by atoms with E-state index in [1.807, 2.05) is 0 Å². The lowest BCUT2D eigenvalue weighted by atomic mass is 10.0. The number of nitrogens with two attached hydrogens (primary N) is 1. The molecule has 8 heteroatoms. The highest BCUT2D eigenvalue weighted by Crippen LogP contribution is 2.33. The van der Waals surface area contributed by atoms with Crippen LogP contribution >= 0.6 is 0 Å². The van der Waals surface area contributed by atoms with Gasteiger partial charge in [-0.15, -0.1) is 0 Å². The van der Waals surface area contributed by atoms with Gasteiger partial charge >= 0.3 is 5.97 Å². The van der Waals surface area contributed by atoms with Gasteiger partial charge in [-0.05, 0) is 44.2 Å². The van der Waals surface area contributed by atoms with E-state index < -0.39 is 17.8 Å². The SMILES string of the molecule is CCOc1cc(OCC)c(F)c(C(Nc2ccc(C(=N)N)cc2)C(=O)O)c1. The molecule has 1 unspecified atom stereocenters. The Kier molecular flexibility index (Phi) is 6.59. The van der Waals surface area contributed by atoms with Crippen LogP contribution in [0.1, 0.15) is 31.0 Å². The summed E-state index contributed by atoms with van der Waals surface area (Å²) in [7, 11) is 0. The van der Waals surface area contributed by atoms with Gasteiger partial charge in [0.1, 0.15) is 11.6 Å².